The number of ether oxygens (including phenoxy) is 1. The largest absolute Gasteiger partial charge is 0.494 e. The maximum atomic E-state index is 13.6. The average molecular weight is 332 g/mol. The van der Waals surface area contributed by atoms with E-state index in [-0.39, 0.29) is 11.8 Å². The molecule has 0 radical (unpaired) electrons. The summed E-state index contributed by atoms with van der Waals surface area (Å²) in [6.07, 6.45) is -0.297. The molecule has 0 bridgehead atoms. The number of hydrogen-bond donors (Lipinski definition) is 3. The summed E-state index contributed by atoms with van der Waals surface area (Å²) in [7, 11) is 1.37. The van der Waals surface area contributed by atoms with Gasteiger partial charge in [-0.3, -0.25) is 0 Å². The lowest BCUT2D eigenvalue weighted by molar-refractivity contribution is 0.155. The summed E-state index contributed by atoms with van der Waals surface area (Å²) in [6, 6.07) is 12.7. The zero-order valence-electron chi connectivity index (χ0n) is 13.6. The smallest absolute Gasteiger partial charge is 0.319 e. The third kappa shape index (κ3) is 4.96. The van der Waals surface area contributed by atoms with Gasteiger partial charge < -0.3 is 20.5 Å². The normalized spacial score (nSPS) is 13.0. The molecule has 2 atom stereocenters. The van der Waals surface area contributed by atoms with Crippen molar-refractivity contribution < 1.29 is 19.0 Å². The van der Waals surface area contributed by atoms with E-state index in [0.717, 1.165) is 5.56 Å². The monoisotopic (exact) mass is 332 g/mol. The third-order valence-electron chi connectivity index (χ3n) is 3.55. The first-order valence-corrected chi connectivity index (χ1v) is 7.63. The minimum Gasteiger partial charge on any atom is -0.494 e. The van der Waals surface area contributed by atoms with Crippen molar-refractivity contribution in [3.8, 4) is 5.75 Å². The van der Waals surface area contributed by atoms with Crippen molar-refractivity contribution in [2.45, 2.75) is 25.5 Å². The molecule has 0 aliphatic heterocycles. The Balaban J connectivity index is 1.86. The molecule has 2 aromatic carbocycles. The zero-order chi connectivity index (χ0) is 17.5. The number of amides is 2. The van der Waals surface area contributed by atoms with Crippen LogP contribution in [0.25, 0.3) is 0 Å². The highest BCUT2D eigenvalue weighted by Crippen LogP contribution is 2.21. The van der Waals surface area contributed by atoms with Gasteiger partial charge in [0, 0.05) is 17.8 Å². The Bertz CT molecular complexity index is 679. The number of aliphatic hydroxyl groups is 1. The molecule has 5 nitrogen and oxygen atoms in total. The van der Waals surface area contributed by atoms with Crippen molar-refractivity contribution in [2.24, 2.45) is 0 Å². The van der Waals surface area contributed by atoms with Crippen molar-refractivity contribution in [3.05, 3.63) is 59.9 Å². The fraction of sp³-hybridized carbons (Fsp3) is 0.278. The Morgan fingerprint density at radius 3 is 2.58 bits per heavy atom. The van der Waals surface area contributed by atoms with Gasteiger partial charge in [0.2, 0.25) is 0 Å². The minimum atomic E-state index is -0.667. The minimum absolute atomic E-state index is 0.111. The number of urea groups is 1. The molecule has 2 unspecified atom stereocenters. The van der Waals surface area contributed by atoms with Gasteiger partial charge in [0.05, 0.1) is 13.2 Å². The van der Waals surface area contributed by atoms with Crippen LogP contribution in [-0.2, 0) is 0 Å². The van der Waals surface area contributed by atoms with Gasteiger partial charge in [0.15, 0.2) is 11.6 Å². The summed E-state index contributed by atoms with van der Waals surface area (Å²) in [5.41, 5.74) is 1.12. The third-order valence-corrected chi connectivity index (χ3v) is 3.55. The number of nitrogens with one attached hydrogen (secondary N) is 2. The Labute approximate surface area is 140 Å². The van der Waals surface area contributed by atoms with Crippen LogP contribution >= 0.6 is 0 Å². The molecule has 0 aromatic heterocycles. The van der Waals surface area contributed by atoms with E-state index in [1.54, 1.807) is 13.0 Å². The van der Waals surface area contributed by atoms with E-state index in [1.165, 1.54) is 19.2 Å². The van der Waals surface area contributed by atoms with Crippen LogP contribution in [0.4, 0.5) is 14.9 Å². The van der Waals surface area contributed by atoms with Gasteiger partial charge in [0.1, 0.15) is 0 Å². The Morgan fingerprint density at radius 1 is 1.25 bits per heavy atom. The molecule has 0 saturated carbocycles. The van der Waals surface area contributed by atoms with Gasteiger partial charge in [-0.2, -0.15) is 0 Å². The van der Waals surface area contributed by atoms with Crippen molar-refractivity contribution in [1.29, 1.82) is 0 Å². The second-order valence-corrected chi connectivity index (χ2v) is 5.51. The van der Waals surface area contributed by atoms with E-state index in [1.807, 2.05) is 30.3 Å². The zero-order valence-corrected chi connectivity index (χ0v) is 13.6. The van der Waals surface area contributed by atoms with Gasteiger partial charge in [-0.25, -0.2) is 9.18 Å². The molecule has 0 fully saturated rings. The van der Waals surface area contributed by atoms with Crippen LogP contribution in [0.5, 0.6) is 5.75 Å². The van der Waals surface area contributed by atoms with Crippen LogP contribution in [0.3, 0.4) is 0 Å². The molecular weight excluding hydrogens is 311 g/mol. The van der Waals surface area contributed by atoms with Crippen LogP contribution in [0.1, 0.15) is 25.0 Å². The van der Waals surface area contributed by atoms with Gasteiger partial charge in [-0.15, -0.1) is 0 Å². The number of rotatable bonds is 6. The lowest BCUT2D eigenvalue weighted by Crippen LogP contribution is -2.37. The predicted molar refractivity (Wildman–Crippen MR) is 90.6 cm³/mol. The summed E-state index contributed by atoms with van der Waals surface area (Å²) >= 11 is 0. The highest BCUT2D eigenvalue weighted by Gasteiger charge is 2.14. The van der Waals surface area contributed by atoms with Gasteiger partial charge in [-0.1, -0.05) is 30.3 Å². The molecule has 128 valence electrons. The first-order valence-electron chi connectivity index (χ1n) is 7.63. The van der Waals surface area contributed by atoms with E-state index in [0.29, 0.717) is 12.1 Å². The summed E-state index contributed by atoms with van der Waals surface area (Å²) in [4.78, 5) is 11.9. The highest BCUT2D eigenvalue weighted by molar-refractivity contribution is 5.89. The van der Waals surface area contributed by atoms with Crippen LogP contribution in [-0.4, -0.2) is 24.3 Å². The SMILES string of the molecule is COc1ccc(NC(=O)NC(C)CC(O)c2ccccc2)cc1F. The number of hydrogen-bond acceptors (Lipinski definition) is 3. The van der Waals surface area contributed by atoms with Crippen LogP contribution in [0, 0.1) is 5.82 Å². The molecule has 2 rings (SSSR count). The summed E-state index contributed by atoms with van der Waals surface area (Å²) < 4.78 is 18.4. The standard InChI is InChI=1S/C18H21FN2O3/c1-12(10-16(22)13-6-4-3-5-7-13)20-18(23)21-14-8-9-17(24-2)15(19)11-14/h3-9,11-12,16,22H,10H2,1-2H3,(H2,20,21,23). The average Bonchev–Trinajstić information content (AvgIpc) is 2.55. The molecule has 6 heteroatoms. The topological polar surface area (TPSA) is 70.6 Å². The van der Waals surface area contributed by atoms with E-state index < -0.39 is 18.0 Å². The van der Waals surface area contributed by atoms with Crippen LogP contribution < -0.4 is 15.4 Å². The molecule has 0 aliphatic rings. The first kappa shape index (κ1) is 17.7. The molecule has 2 amide bonds. The number of carbonyl (C=O) groups excluding carboxylic acids is 1. The van der Waals surface area contributed by atoms with Gasteiger partial charge in [-0.05, 0) is 31.0 Å². The summed E-state index contributed by atoms with van der Waals surface area (Å²) in [5, 5.41) is 15.4. The molecule has 0 saturated heterocycles. The summed E-state index contributed by atoms with van der Waals surface area (Å²) in [6.45, 7) is 1.79. The number of aliphatic hydroxyl groups excluding tert-OH is 1. The van der Waals surface area contributed by atoms with Gasteiger partial charge in [0.25, 0.3) is 0 Å². The molecule has 24 heavy (non-hydrogen) atoms. The predicted octanol–water partition coefficient (Wildman–Crippen LogP) is 3.47. The maximum Gasteiger partial charge on any atom is 0.319 e. The maximum absolute atomic E-state index is 13.6. The first-order chi connectivity index (χ1) is 11.5. The van der Waals surface area contributed by atoms with E-state index in [2.05, 4.69) is 10.6 Å². The fourth-order valence-electron chi connectivity index (χ4n) is 2.34. The van der Waals surface area contributed by atoms with Crippen LogP contribution in [0.15, 0.2) is 48.5 Å². The quantitative estimate of drug-likeness (QED) is 0.758. The Morgan fingerprint density at radius 2 is 1.96 bits per heavy atom. The Kier molecular flexibility index (Phi) is 6.14. The number of benzene rings is 2. The summed E-state index contributed by atoms with van der Waals surface area (Å²) in [5.74, 6) is -0.442. The van der Waals surface area contributed by atoms with Crippen LogP contribution in [0.2, 0.25) is 0 Å². The highest BCUT2D eigenvalue weighted by atomic mass is 19.1. The number of carbonyl (C=O) groups is 1. The van der Waals surface area contributed by atoms with E-state index in [4.69, 9.17) is 4.74 Å². The fourth-order valence-corrected chi connectivity index (χ4v) is 2.34. The lowest BCUT2D eigenvalue weighted by atomic mass is 10.0. The number of halogens is 1. The Hall–Kier alpha value is -2.60. The van der Waals surface area contributed by atoms with Crippen molar-refractivity contribution in [3.63, 3.8) is 0 Å². The van der Waals surface area contributed by atoms with Crippen molar-refractivity contribution in [1.82, 2.24) is 5.32 Å². The second-order valence-electron chi connectivity index (χ2n) is 5.51. The molecule has 0 heterocycles. The molecule has 0 aliphatic carbocycles. The van der Waals surface area contributed by atoms with Crippen molar-refractivity contribution >= 4 is 11.7 Å². The number of anilines is 1. The van der Waals surface area contributed by atoms with Gasteiger partial charge >= 0.3 is 6.03 Å². The molecular formula is C18H21FN2O3. The van der Waals surface area contributed by atoms with E-state index >= 15 is 0 Å². The number of methoxy groups -OCH3 is 1. The second kappa shape index (κ2) is 8.31. The molecule has 3 N–H and O–H groups in total. The van der Waals surface area contributed by atoms with Crippen molar-refractivity contribution in [2.75, 3.05) is 12.4 Å². The molecule has 0 spiro atoms. The molecule has 2 aromatic rings. The lowest BCUT2D eigenvalue weighted by Gasteiger charge is -2.18. The van der Waals surface area contributed by atoms with E-state index in [9.17, 15) is 14.3 Å².